The van der Waals surface area contributed by atoms with Gasteiger partial charge in [0.05, 0.1) is 16.4 Å². The number of nitrogens with zero attached hydrogens (tertiary/aromatic N) is 2. The molecule has 2 heteroatoms. The topological polar surface area (TPSA) is 8.17 Å². The maximum absolute atomic E-state index is 2.43. The van der Waals surface area contributed by atoms with Gasteiger partial charge in [0.25, 0.3) is 0 Å². The number of anilines is 3. The summed E-state index contributed by atoms with van der Waals surface area (Å²) in [6.45, 7) is 0. The molecule has 12 rings (SSSR count). The van der Waals surface area contributed by atoms with Crippen LogP contribution in [0.3, 0.4) is 0 Å². The minimum atomic E-state index is -0.513. The van der Waals surface area contributed by atoms with E-state index in [9.17, 15) is 0 Å². The van der Waals surface area contributed by atoms with Gasteiger partial charge in [0.1, 0.15) is 0 Å². The van der Waals surface area contributed by atoms with Crippen molar-refractivity contribution in [3.05, 3.63) is 265 Å². The van der Waals surface area contributed by atoms with Crippen molar-refractivity contribution in [3.63, 3.8) is 0 Å². The molecule has 0 aliphatic heterocycles. The summed E-state index contributed by atoms with van der Waals surface area (Å²) >= 11 is 0. The molecule has 0 atom stereocenters. The molecule has 0 saturated carbocycles. The first-order valence-electron chi connectivity index (χ1n) is 21.1. The lowest BCUT2D eigenvalue weighted by molar-refractivity contribution is 0.768. The van der Waals surface area contributed by atoms with Gasteiger partial charge in [-0.15, -0.1) is 0 Å². The Morgan fingerprint density at radius 1 is 0.328 bits per heavy atom. The average molecular weight is 777 g/mol. The highest BCUT2D eigenvalue weighted by Gasteiger charge is 2.46. The van der Waals surface area contributed by atoms with E-state index >= 15 is 0 Å². The Labute approximate surface area is 355 Å². The lowest BCUT2D eigenvalue weighted by Crippen LogP contribution is -2.28. The minimum absolute atomic E-state index is 0.513. The second kappa shape index (κ2) is 14.1. The monoisotopic (exact) mass is 776 g/mol. The van der Waals surface area contributed by atoms with Gasteiger partial charge in [0, 0.05) is 33.5 Å². The Kier molecular flexibility index (Phi) is 8.11. The number of para-hydroxylation sites is 2. The molecule has 2 nitrogen and oxygen atoms in total. The molecule has 0 unspecified atom stereocenters. The van der Waals surface area contributed by atoms with Crippen molar-refractivity contribution in [3.8, 4) is 27.9 Å². The molecule has 0 saturated heterocycles. The highest BCUT2D eigenvalue weighted by Crippen LogP contribution is 2.56. The molecule has 1 heterocycles. The summed E-state index contributed by atoms with van der Waals surface area (Å²) in [6, 6.07) is 89.1. The molecular weight excluding hydrogens is 737 g/mol. The summed E-state index contributed by atoms with van der Waals surface area (Å²) in [5.74, 6) is 0. The van der Waals surface area contributed by atoms with Gasteiger partial charge < -0.3 is 9.47 Å². The number of benzene rings is 10. The van der Waals surface area contributed by atoms with E-state index in [1.165, 1.54) is 77.1 Å². The van der Waals surface area contributed by atoms with Crippen LogP contribution >= 0.6 is 0 Å². The van der Waals surface area contributed by atoms with Crippen molar-refractivity contribution in [2.24, 2.45) is 0 Å². The van der Waals surface area contributed by atoms with Crippen molar-refractivity contribution >= 4 is 49.6 Å². The van der Waals surface area contributed by atoms with Gasteiger partial charge in [-0.05, 0) is 116 Å². The summed E-state index contributed by atoms with van der Waals surface area (Å²) in [7, 11) is 0. The second-order valence-corrected chi connectivity index (χ2v) is 16.1. The van der Waals surface area contributed by atoms with Crippen molar-refractivity contribution in [2.75, 3.05) is 4.90 Å². The third-order valence-electron chi connectivity index (χ3n) is 12.8. The highest BCUT2D eigenvalue weighted by atomic mass is 15.1. The van der Waals surface area contributed by atoms with Crippen LogP contribution in [0.1, 0.15) is 22.3 Å². The molecule has 0 bridgehead atoms. The molecular formula is C59H40N2. The van der Waals surface area contributed by atoms with Crippen molar-refractivity contribution in [2.45, 2.75) is 5.41 Å². The van der Waals surface area contributed by atoms with Gasteiger partial charge in [-0.3, -0.25) is 0 Å². The predicted molar refractivity (Wildman–Crippen MR) is 256 cm³/mol. The van der Waals surface area contributed by atoms with Crippen LogP contribution in [-0.2, 0) is 5.41 Å². The first-order chi connectivity index (χ1) is 30.3. The van der Waals surface area contributed by atoms with Crippen LogP contribution in [-0.4, -0.2) is 4.57 Å². The van der Waals surface area contributed by atoms with Gasteiger partial charge in [-0.1, -0.05) is 182 Å². The van der Waals surface area contributed by atoms with E-state index in [2.05, 4.69) is 252 Å². The zero-order valence-corrected chi connectivity index (χ0v) is 33.5. The third kappa shape index (κ3) is 5.50. The molecule has 61 heavy (non-hydrogen) atoms. The standard InChI is InChI=1S/C59H40N2/c1-2-18-45(19-3-1)59(55-28-10-6-24-51(55)52-25-7-11-29-56(52)59)46-20-14-21-48(39-46)60(47-36-34-42(35-37-47)44-33-32-41-16-4-5-17-43(41)38-44)49-22-15-23-50(40-49)61-57-30-12-8-26-53(57)54-27-9-13-31-58(54)61/h1-40H. The first kappa shape index (κ1) is 35.0. The van der Waals surface area contributed by atoms with Crippen LogP contribution in [0.25, 0.3) is 60.5 Å². The average Bonchev–Trinajstić information content (AvgIpc) is 3.83. The first-order valence-corrected chi connectivity index (χ1v) is 21.1. The van der Waals surface area contributed by atoms with Gasteiger partial charge in [0.2, 0.25) is 0 Å². The van der Waals surface area contributed by atoms with E-state index in [4.69, 9.17) is 0 Å². The van der Waals surface area contributed by atoms with Crippen molar-refractivity contribution in [1.29, 1.82) is 0 Å². The van der Waals surface area contributed by atoms with Crippen molar-refractivity contribution < 1.29 is 0 Å². The molecule has 0 fully saturated rings. The quantitative estimate of drug-likeness (QED) is 0.156. The molecule has 0 spiro atoms. The summed E-state index contributed by atoms with van der Waals surface area (Å²) in [4.78, 5) is 2.43. The normalized spacial score (nSPS) is 12.7. The zero-order chi connectivity index (χ0) is 40.3. The van der Waals surface area contributed by atoms with E-state index in [1.54, 1.807) is 0 Å². The van der Waals surface area contributed by atoms with Crippen LogP contribution in [0.15, 0.2) is 243 Å². The van der Waals surface area contributed by atoms with E-state index < -0.39 is 5.41 Å². The maximum Gasteiger partial charge on any atom is 0.0714 e. The molecule has 0 amide bonds. The Hall–Kier alpha value is -7.94. The smallest absolute Gasteiger partial charge is 0.0714 e. The van der Waals surface area contributed by atoms with Gasteiger partial charge in [0.15, 0.2) is 0 Å². The summed E-state index contributed by atoms with van der Waals surface area (Å²) in [6.07, 6.45) is 0. The fourth-order valence-corrected chi connectivity index (χ4v) is 10.2. The lowest BCUT2D eigenvalue weighted by atomic mass is 9.67. The molecule has 286 valence electrons. The molecule has 1 aromatic heterocycles. The fourth-order valence-electron chi connectivity index (χ4n) is 10.2. The van der Waals surface area contributed by atoms with E-state index in [1.807, 2.05) is 0 Å². The SMILES string of the molecule is c1ccc(C2(c3cccc(N(c4ccc(-c5ccc6ccccc6c5)cc4)c4cccc(-n5c6ccccc6c6ccccc65)c4)c3)c3ccccc3-c3ccccc32)cc1. The lowest BCUT2D eigenvalue weighted by Gasteiger charge is -2.35. The van der Waals surface area contributed by atoms with E-state index in [0.29, 0.717) is 0 Å². The van der Waals surface area contributed by atoms with Gasteiger partial charge in [-0.25, -0.2) is 0 Å². The number of hydrogen-bond donors (Lipinski definition) is 0. The van der Waals surface area contributed by atoms with Crippen LogP contribution in [0.2, 0.25) is 0 Å². The summed E-state index contributed by atoms with van der Waals surface area (Å²) < 4.78 is 2.41. The Bertz CT molecular complexity index is 3330. The van der Waals surface area contributed by atoms with Crippen molar-refractivity contribution in [1.82, 2.24) is 4.57 Å². The zero-order valence-electron chi connectivity index (χ0n) is 33.5. The van der Waals surface area contributed by atoms with Crippen LogP contribution in [0, 0.1) is 0 Å². The predicted octanol–water partition coefficient (Wildman–Crippen LogP) is 15.4. The van der Waals surface area contributed by atoms with E-state index in [0.717, 1.165) is 22.7 Å². The Balaban J connectivity index is 1.07. The Morgan fingerprint density at radius 3 is 1.57 bits per heavy atom. The molecule has 1 aliphatic carbocycles. The molecule has 10 aromatic carbocycles. The molecule has 0 radical (unpaired) electrons. The van der Waals surface area contributed by atoms with Crippen LogP contribution in [0.4, 0.5) is 17.1 Å². The molecule has 11 aromatic rings. The maximum atomic E-state index is 2.43. The highest BCUT2D eigenvalue weighted by molar-refractivity contribution is 6.09. The Morgan fingerprint density at radius 2 is 0.869 bits per heavy atom. The largest absolute Gasteiger partial charge is 0.310 e. The summed E-state index contributed by atoms with van der Waals surface area (Å²) in [5.41, 5.74) is 16.3. The number of hydrogen-bond acceptors (Lipinski definition) is 1. The van der Waals surface area contributed by atoms with Crippen LogP contribution < -0.4 is 4.90 Å². The number of fused-ring (bicyclic) bond motifs is 7. The minimum Gasteiger partial charge on any atom is -0.310 e. The summed E-state index contributed by atoms with van der Waals surface area (Å²) in [5, 5.41) is 4.99. The van der Waals surface area contributed by atoms with Gasteiger partial charge in [-0.2, -0.15) is 0 Å². The number of rotatable bonds is 7. The van der Waals surface area contributed by atoms with E-state index in [-0.39, 0.29) is 0 Å². The third-order valence-corrected chi connectivity index (χ3v) is 12.8. The van der Waals surface area contributed by atoms with Gasteiger partial charge >= 0.3 is 0 Å². The number of aromatic nitrogens is 1. The second-order valence-electron chi connectivity index (χ2n) is 16.1. The molecule has 0 N–H and O–H groups in total. The fraction of sp³-hybridized carbons (Fsp3) is 0.0169. The molecule has 1 aliphatic rings. The van der Waals surface area contributed by atoms with Crippen LogP contribution in [0.5, 0.6) is 0 Å².